The van der Waals surface area contributed by atoms with Crippen LogP contribution in [0.25, 0.3) is 10.9 Å². The lowest BCUT2D eigenvalue weighted by atomic mass is 10.2. The topological polar surface area (TPSA) is 44.3 Å². The van der Waals surface area contributed by atoms with Crippen molar-refractivity contribution in [3.63, 3.8) is 0 Å². The van der Waals surface area contributed by atoms with E-state index in [1.165, 1.54) is 0 Å². The summed E-state index contributed by atoms with van der Waals surface area (Å²) in [5.74, 6) is 1.65. The van der Waals surface area contributed by atoms with Crippen LogP contribution in [0.15, 0.2) is 53.0 Å². The van der Waals surface area contributed by atoms with Gasteiger partial charge in [0.15, 0.2) is 0 Å². The number of hydrogen-bond acceptors (Lipinski definition) is 5. The Balaban J connectivity index is 1.71. The van der Waals surface area contributed by atoms with Crippen LogP contribution >= 0.6 is 15.9 Å². The molecule has 0 atom stereocenters. The van der Waals surface area contributed by atoms with Crippen LogP contribution in [-0.2, 0) is 0 Å². The van der Waals surface area contributed by atoms with E-state index in [9.17, 15) is 0 Å². The maximum Gasteiger partial charge on any atom is 0.229 e. The number of anilines is 3. The summed E-state index contributed by atoms with van der Waals surface area (Å²) in [6.07, 6.45) is 0. The van der Waals surface area contributed by atoms with Crippen LogP contribution < -0.4 is 10.2 Å². The van der Waals surface area contributed by atoms with E-state index >= 15 is 0 Å². The summed E-state index contributed by atoms with van der Waals surface area (Å²) < 4.78 is 1.05. The Morgan fingerprint density at radius 1 is 0.920 bits per heavy atom. The highest BCUT2D eigenvalue weighted by Crippen LogP contribution is 2.27. The Hall–Kier alpha value is -2.18. The quantitative estimate of drug-likeness (QED) is 0.725. The molecule has 3 aromatic rings. The monoisotopic (exact) mass is 397 g/mol. The number of aromatic nitrogens is 2. The molecule has 2 heterocycles. The molecule has 1 N–H and O–H groups in total. The van der Waals surface area contributed by atoms with Crippen molar-refractivity contribution in [3.05, 3.63) is 53.0 Å². The van der Waals surface area contributed by atoms with E-state index in [4.69, 9.17) is 9.97 Å². The molecule has 0 saturated carbocycles. The molecule has 1 fully saturated rings. The molecule has 1 saturated heterocycles. The van der Waals surface area contributed by atoms with Crippen molar-refractivity contribution in [3.8, 4) is 0 Å². The van der Waals surface area contributed by atoms with Gasteiger partial charge in [0.25, 0.3) is 0 Å². The van der Waals surface area contributed by atoms with Crippen molar-refractivity contribution in [1.82, 2.24) is 14.9 Å². The fourth-order valence-electron chi connectivity index (χ4n) is 3.04. The van der Waals surface area contributed by atoms with E-state index in [0.717, 1.165) is 53.1 Å². The number of likely N-dealkylation sites (N-methyl/N-ethyl adjacent to an activating group) is 1. The first-order chi connectivity index (χ1) is 12.2. The Morgan fingerprint density at radius 3 is 2.40 bits per heavy atom. The maximum atomic E-state index is 4.84. The lowest BCUT2D eigenvalue weighted by molar-refractivity contribution is 0.312. The molecular formula is C19H20BrN5. The highest BCUT2D eigenvalue weighted by Gasteiger charge is 2.19. The predicted octanol–water partition coefficient (Wildman–Crippen LogP) is 3.89. The summed E-state index contributed by atoms with van der Waals surface area (Å²) in [4.78, 5) is 14.2. The van der Waals surface area contributed by atoms with Crippen molar-refractivity contribution >= 4 is 44.3 Å². The number of para-hydroxylation sites is 1. The van der Waals surface area contributed by atoms with Crippen LogP contribution in [-0.4, -0.2) is 48.1 Å². The second-order valence-corrected chi connectivity index (χ2v) is 7.23. The summed E-state index contributed by atoms with van der Waals surface area (Å²) in [7, 11) is 2.16. The average molecular weight is 398 g/mol. The first-order valence-corrected chi connectivity index (χ1v) is 9.21. The predicted molar refractivity (Wildman–Crippen MR) is 107 cm³/mol. The third-order valence-corrected chi connectivity index (χ3v) is 5.01. The second-order valence-electron chi connectivity index (χ2n) is 6.31. The second kappa shape index (κ2) is 6.98. The van der Waals surface area contributed by atoms with Gasteiger partial charge in [-0.3, -0.25) is 0 Å². The number of nitrogens with one attached hydrogen (secondary N) is 1. The number of hydrogen-bond donors (Lipinski definition) is 1. The van der Waals surface area contributed by atoms with Gasteiger partial charge in [0, 0.05) is 41.7 Å². The maximum absolute atomic E-state index is 4.84. The van der Waals surface area contributed by atoms with E-state index in [-0.39, 0.29) is 0 Å². The first kappa shape index (κ1) is 16.3. The standard InChI is InChI=1S/C19H20BrN5/c1-24-10-12-25(13-11-24)18-16-4-2-3-5-17(16)22-19(23-18)21-15-8-6-14(20)7-9-15/h2-9H,10-13H2,1H3,(H,21,22,23). The van der Waals surface area contributed by atoms with E-state index in [1.54, 1.807) is 0 Å². The van der Waals surface area contributed by atoms with Gasteiger partial charge in [0.2, 0.25) is 5.95 Å². The van der Waals surface area contributed by atoms with Crippen molar-refractivity contribution in [1.29, 1.82) is 0 Å². The summed E-state index contributed by atoms with van der Waals surface area (Å²) in [5, 5.41) is 4.44. The number of rotatable bonds is 3. The van der Waals surface area contributed by atoms with Crippen LogP contribution in [0.4, 0.5) is 17.5 Å². The number of benzene rings is 2. The van der Waals surface area contributed by atoms with Crippen molar-refractivity contribution in [2.45, 2.75) is 0 Å². The third-order valence-electron chi connectivity index (χ3n) is 4.49. The molecule has 6 heteroatoms. The highest BCUT2D eigenvalue weighted by molar-refractivity contribution is 9.10. The van der Waals surface area contributed by atoms with Crippen molar-refractivity contribution in [2.24, 2.45) is 0 Å². The Labute approximate surface area is 155 Å². The lowest BCUT2D eigenvalue weighted by Crippen LogP contribution is -2.45. The molecule has 1 aliphatic rings. The van der Waals surface area contributed by atoms with Crippen LogP contribution in [0.2, 0.25) is 0 Å². The number of piperazine rings is 1. The van der Waals surface area contributed by atoms with E-state index < -0.39 is 0 Å². The molecule has 1 aromatic heterocycles. The zero-order valence-corrected chi connectivity index (χ0v) is 15.7. The molecule has 5 nitrogen and oxygen atoms in total. The van der Waals surface area contributed by atoms with Crippen LogP contribution in [0, 0.1) is 0 Å². The zero-order valence-electron chi connectivity index (χ0n) is 14.1. The van der Waals surface area contributed by atoms with Crippen LogP contribution in [0.5, 0.6) is 0 Å². The summed E-state index contributed by atoms with van der Waals surface area (Å²) >= 11 is 3.46. The van der Waals surface area contributed by atoms with Crippen LogP contribution in [0.3, 0.4) is 0 Å². The smallest absolute Gasteiger partial charge is 0.229 e. The molecule has 128 valence electrons. The normalized spacial score (nSPS) is 15.5. The third kappa shape index (κ3) is 3.60. The number of fused-ring (bicyclic) bond motifs is 1. The minimum Gasteiger partial charge on any atom is -0.353 e. The van der Waals surface area contributed by atoms with E-state index in [0.29, 0.717) is 5.95 Å². The molecule has 1 aliphatic heterocycles. The van der Waals surface area contributed by atoms with Gasteiger partial charge in [0.1, 0.15) is 5.82 Å². The molecule has 4 rings (SSSR count). The van der Waals surface area contributed by atoms with Crippen molar-refractivity contribution in [2.75, 3.05) is 43.4 Å². The molecule has 0 amide bonds. The zero-order chi connectivity index (χ0) is 17.2. The molecule has 0 bridgehead atoms. The number of nitrogens with zero attached hydrogens (tertiary/aromatic N) is 4. The molecular weight excluding hydrogens is 378 g/mol. The lowest BCUT2D eigenvalue weighted by Gasteiger charge is -2.33. The number of halogens is 1. The van der Waals surface area contributed by atoms with Crippen LogP contribution in [0.1, 0.15) is 0 Å². The van der Waals surface area contributed by atoms with Gasteiger partial charge in [-0.25, -0.2) is 4.98 Å². The molecule has 2 aromatic carbocycles. The van der Waals surface area contributed by atoms with E-state index in [2.05, 4.69) is 44.2 Å². The average Bonchev–Trinajstić information content (AvgIpc) is 2.64. The largest absolute Gasteiger partial charge is 0.353 e. The minimum atomic E-state index is 0.634. The fraction of sp³-hybridized carbons (Fsp3) is 0.263. The minimum absolute atomic E-state index is 0.634. The van der Waals surface area contributed by atoms with E-state index in [1.807, 2.05) is 42.5 Å². The molecule has 0 aliphatic carbocycles. The van der Waals surface area contributed by atoms with Gasteiger partial charge in [-0.2, -0.15) is 4.98 Å². The first-order valence-electron chi connectivity index (χ1n) is 8.42. The molecule has 25 heavy (non-hydrogen) atoms. The Morgan fingerprint density at radius 2 is 1.64 bits per heavy atom. The van der Waals surface area contributed by atoms with Gasteiger partial charge < -0.3 is 15.1 Å². The fourth-order valence-corrected chi connectivity index (χ4v) is 3.30. The Bertz CT molecular complexity index is 873. The van der Waals surface area contributed by atoms with Gasteiger partial charge in [-0.15, -0.1) is 0 Å². The van der Waals surface area contributed by atoms with Gasteiger partial charge in [0.05, 0.1) is 5.52 Å². The molecule has 0 unspecified atom stereocenters. The van der Waals surface area contributed by atoms with Crippen molar-refractivity contribution < 1.29 is 0 Å². The summed E-state index contributed by atoms with van der Waals surface area (Å²) in [6, 6.07) is 16.3. The molecule has 0 spiro atoms. The highest BCUT2D eigenvalue weighted by atomic mass is 79.9. The van der Waals surface area contributed by atoms with Gasteiger partial charge in [-0.05, 0) is 43.4 Å². The summed E-state index contributed by atoms with van der Waals surface area (Å²) in [5.41, 5.74) is 1.94. The summed E-state index contributed by atoms with van der Waals surface area (Å²) in [6.45, 7) is 4.06. The Kier molecular flexibility index (Phi) is 4.55. The molecule has 0 radical (unpaired) electrons. The SMILES string of the molecule is CN1CCN(c2nc(Nc3ccc(Br)cc3)nc3ccccc23)CC1. The van der Waals surface area contributed by atoms with Gasteiger partial charge >= 0.3 is 0 Å². The van der Waals surface area contributed by atoms with Gasteiger partial charge in [-0.1, -0.05) is 28.1 Å².